The Bertz CT molecular complexity index is 1320. The molecule has 0 amide bonds. The van der Waals surface area contributed by atoms with Crippen LogP contribution in [0.25, 0.3) is 11.1 Å². The van der Waals surface area contributed by atoms with Crippen molar-refractivity contribution in [2.24, 2.45) is 0 Å². The van der Waals surface area contributed by atoms with Crippen LogP contribution in [0.1, 0.15) is 27.0 Å². The Balaban J connectivity index is 1.10. The van der Waals surface area contributed by atoms with Gasteiger partial charge in [0.25, 0.3) is 0 Å². The normalized spacial score (nSPS) is 13.9. The van der Waals surface area contributed by atoms with Crippen molar-refractivity contribution in [1.82, 2.24) is 20.3 Å². The van der Waals surface area contributed by atoms with Gasteiger partial charge in [0.2, 0.25) is 5.95 Å². The van der Waals surface area contributed by atoms with E-state index in [0.717, 1.165) is 66.5 Å². The average Bonchev–Trinajstić information content (AvgIpc) is 2.98. The van der Waals surface area contributed by atoms with Gasteiger partial charge in [-0.1, -0.05) is 60.7 Å². The lowest BCUT2D eigenvalue weighted by Crippen LogP contribution is -2.46. The number of hydroxylamine groups is 1. The van der Waals surface area contributed by atoms with Crippen LogP contribution < -0.4 is 10.4 Å². The summed E-state index contributed by atoms with van der Waals surface area (Å²) >= 11 is 0. The van der Waals surface area contributed by atoms with Crippen molar-refractivity contribution in [3.8, 4) is 11.1 Å². The summed E-state index contributed by atoms with van der Waals surface area (Å²) < 4.78 is 5.43. The van der Waals surface area contributed by atoms with Gasteiger partial charge in [0.1, 0.15) is 6.61 Å². The van der Waals surface area contributed by atoms with E-state index in [1.165, 1.54) is 0 Å². The molecule has 194 valence electrons. The molecule has 38 heavy (non-hydrogen) atoms. The summed E-state index contributed by atoms with van der Waals surface area (Å²) in [7, 11) is 0. The van der Waals surface area contributed by atoms with Gasteiger partial charge in [-0.15, -0.1) is 0 Å². The number of carbonyl (C=O) groups is 1. The SMILES string of the molecule is O=C(OCc1ccccc1)c1ccc(CN2CCN(c3ncc(-c4cccc(CNO)c4)cn3)CC2)cc1. The van der Waals surface area contributed by atoms with Crippen LogP contribution in [-0.2, 0) is 24.4 Å². The number of benzene rings is 3. The zero-order valence-corrected chi connectivity index (χ0v) is 21.2. The second-order valence-electron chi connectivity index (χ2n) is 9.33. The Morgan fingerprint density at radius 2 is 1.53 bits per heavy atom. The fourth-order valence-corrected chi connectivity index (χ4v) is 4.50. The predicted molar refractivity (Wildman–Crippen MR) is 146 cm³/mol. The van der Waals surface area contributed by atoms with Crippen LogP contribution in [-0.4, -0.2) is 52.2 Å². The Morgan fingerprint density at radius 1 is 0.816 bits per heavy atom. The molecule has 0 spiro atoms. The van der Waals surface area contributed by atoms with Crippen molar-refractivity contribution >= 4 is 11.9 Å². The number of hydrogen-bond donors (Lipinski definition) is 2. The topological polar surface area (TPSA) is 90.8 Å². The molecule has 8 nitrogen and oxygen atoms in total. The molecule has 5 rings (SSSR count). The van der Waals surface area contributed by atoms with Crippen LogP contribution in [0, 0.1) is 0 Å². The van der Waals surface area contributed by atoms with Gasteiger partial charge < -0.3 is 14.8 Å². The summed E-state index contributed by atoms with van der Waals surface area (Å²) in [5.41, 5.74) is 7.84. The smallest absolute Gasteiger partial charge is 0.338 e. The quantitative estimate of drug-likeness (QED) is 0.255. The molecule has 4 aromatic rings. The van der Waals surface area contributed by atoms with Gasteiger partial charge in [0, 0.05) is 57.2 Å². The van der Waals surface area contributed by atoms with Crippen molar-refractivity contribution in [3.05, 3.63) is 114 Å². The highest BCUT2D eigenvalue weighted by Crippen LogP contribution is 2.21. The maximum Gasteiger partial charge on any atom is 0.338 e. The van der Waals surface area contributed by atoms with E-state index in [4.69, 9.17) is 9.94 Å². The van der Waals surface area contributed by atoms with Crippen molar-refractivity contribution in [2.75, 3.05) is 31.1 Å². The van der Waals surface area contributed by atoms with Crippen LogP contribution in [0.3, 0.4) is 0 Å². The van der Waals surface area contributed by atoms with Gasteiger partial charge in [-0.05, 0) is 40.5 Å². The summed E-state index contributed by atoms with van der Waals surface area (Å²) in [6.07, 6.45) is 3.71. The first-order chi connectivity index (χ1) is 18.7. The minimum atomic E-state index is -0.310. The lowest BCUT2D eigenvalue weighted by Gasteiger charge is -2.34. The van der Waals surface area contributed by atoms with Crippen LogP contribution in [0.5, 0.6) is 0 Å². The lowest BCUT2D eigenvalue weighted by atomic mass is 10.1. The predicted octanol–water partition coefficient (Wildman–Crippen LogP) is 4.30. The summed E-state index contributed by atoms with van der Waals surface area (Å²) in [4.78, 5) is 26.2. The third kappa shape index (κ3) is 6.60. The van der Waals surface area contributed by atoms with Gasteiger partial charge in [-0.2, -0.15) is 0 Å². The Morgan fingerprint density at radius 3 is 2.24 bits per heavy atom. The first-order valence-corrected chi connectivity index (χ1v) is 12.7. The zero-order valence-electron chi connectivity index (χ0n) is 21.2. The van der Waals surface area contributed by atoms with Gasteiger partial charge in [-0.3, -0.25) is 4.90 Å². The number of anilines is 1. The molecule has 0 saturated carbocycles. The maximum atomic E-state index is 12.4. The molecule has 0 atom stereocenters. The number of aromatic nitrogens is 2. The first-order valence-electron chi connectivity index (χ1n) is 12.7. The van der Waals surface area contributed by atoms with E-state index < -0.39 is 0 Å². The summed E-state index contributed by atoms with van der Waals surface area (Å²) in [6, 6.07) is 25.3. The molecule has 8 heteroatoms. The standard InChI is InChI=1S/C30H31N5O3/c36-29(38-22-24-5-2-1-3-6-24)26-11-9-23(10-12-26)21-34-13-15-35(16-14-34)30-31-19-28(20-32-30)27-8-4-7-25(17-27)18-33-37/h1-12,17,19-20,33,37H,13-16,18,21-22H2. The number of hydrogen-bond acceptors (Lipinski definition) is 8. The third-order valence-electron chi connectivity index (χ3n) is 6.65. The van der Waals surface area contributed by atoms with Crippen molar-refractivity contribution in [2.45, 2.75) is 19.7 Å². The molecule has 1 aromatic heterocycles. The molecule has 2 heterocycles. The maximum absolute atomic E-state index is 12.4. The second-order valence-corrected chi connectivity index (χ2v) is 9.33. The van der Waals surface area contributed by atoms with E-state index in [0.29, 0.717) is 12.1 Å². The van der Waals surface area contributed by atoms with Crippen LogP contribution in [0.2, 0.25) is 0 Å². The van der Waals surface area contributed by atoms with Crippen molar-refractivity contribution < 1.29 is 14.7 Å². The van der Waals surface area contributed by atoms with E-state index in [1.807, 2.05) is 91.3 Å². The lowest BCUT2D eigenvalue weighted by molar-refractivity contribution is 0.0472. The van der Waals surface area contributed by atoms with Gasteiger partial charge >= 0.3 is 5.97 Å². The minimum absolute atomic E-state index is 0.272. The molecular formula is C30H31N5O3. The van der Waals surface area contributed by atoms with Gasteiger partial charge in [0.05, 0.1) is 5.56 Å². The van der Waals surface area contributed by atoms with Crippen LogP contribution in [0.4, 0.5) is 5.95 Å². The zero-order chi connectivity index (χ0) is 26.2. The summed E-state index contributed by atoms with van der Waals surface area (Å²) in [5.74, 6) is 0.426. The number of esters is 1. The summed E-state index contributed by atoms with van der Waals surface area (Å²) in [6.45, 7) is 4.99. The number of rotatable bonds is 9. The fourth-order valence-electron chi connectivity index (χ4n) is 4.50. The van der Waals surface area contributed by atoms with E-state index in [1.54, 1.807) is 0 Å². The number of nitrogens with zero attached hydrogens (tertiary/aromatic N) is 4. The largest absolute Gasteiger partial charge is 0.457 e. The molecule has 2 N–H and O–H groups in total. The molecule has 1 aliphatic rings. The van der Waals surface area contributed by atoms with Gasteiger partial charge in [0.15, 0.2) is 0 Å². The number of piperazine rings is 1. The monoisotopic (exact) mass is 509 g/mol. The van der Waals surface area contributed by atoms with Crippen LogP contribution >= 0.6 is 0 Å². The van der Waals surface area contributed by atoms with Crippen molar-refractivity contribution in [1.29, 1.82) is 0 Å². The first kappa shape index (κ1) is 25.5. The summed E-state index contributed by atoms with van der Waals surface area (Å²) in [5, 5.41) is 8.94. The van der Waals surface area contributed by atoms with E-state index in [-0.39, 0.29) is 12.6 Å². The highest BCUT2D eigenvalue weighted by molar-refractivity contribution is 5.89. The van der Waals surface area contributed by atoms with Crippen molar-refractivity contribution in [3.63, 3.8) is 0 Å². The number of nitrogens with one attached hydrogen (secondary N) is 1. The fraction of sp³-hybridized carbons (Fsp3) is 0.233. The van der Waals surface area contributed by atoms with E-state index >= 15 is 0 Å². The second kappa shape index (κ2) is 12.4. The molecule has 1 aliphatic heterocycles. The molecule has 0 unspecified atom stereocenters. The highest BCUT2D eigenvalue weighted by atomic mass is 16.5. The Hall–Kier alpha value is -4.11. The highest BCUT2D eigenvalue weighted by Gasteiger charge is 2.19. The van der Waals surface area contributed by atoms with Gasteiger partial charge in [-0.25, -0.2) is 20.2 Å². The molecule has 0 aliphatic carbocycles. The van der Waals surface area contributed by atoms with E-state index in [9.17, 15) is 4.79 Å². The minimum Gasteiger partial charge on any atom is -0.457 e. The average molecular weight is 510 g/mol. The third-order valence-corrected chi connectivity index (χ3v) is 6.65. The molecular weight excluding hydrogens is 478 g/mol. The Kier molecular flexibility index (Phi) is 8.35. The van der Waals surface area contributed by atoms with Crippen LogP contribution in [0.15, 0.2) is 91.3 Å². The molecule has 1 saturated heterocycles. The molecule has 0 bridgehead atoms. The molecule has 0 radical (unpaired) electrons. The Labute approximate surface area is 222 Å². The van der Waals surface area contributed by atoms with E-state index in [2.05, 4.69) is 25.2 Å². The molecule has 1 fully saturated rings. The molecule has 3 aromatic carbocycles. The number of carbonyl (C=O) groups excluding carboxylic acids is 1. The number of ether oxygens (including phenoxy) is 1.